The van der Waals surface area contributed by atoms with Gasteiger partial charge in [-0.1, -0.05) is 20.8 Å². The SMILES string of the molecule is CC(C)(C)CC(CNC(N)=O)C(=O)O. The third-order valence-electron chi connectivity index (χ3n) is 1.73. The van der Waals surface area contributed by atoms with Crippen LogP contribution in [-0.4, -0.2) is 23.7 Å². The summed E-state index contributed by atoms with van der Waals surface area (Å²) in [7, 11) is 0. The first kappa shape index (κ1) is 12.7. The van der Waals surface area contributed by atoms with Crippen molar-refractivity contribution in [1.82, 2.24) is 5.32 Å². The number of carbonyl (C=O) groups excluding carboxylic acids is 1. The fourth-order valence-electron chi connectivity index (χ4n) is 1.21. The maximum Gasteiger partial charge on any atom is 0.312 e. The van der Waals surface area contributed by atoms with E-state index < -0.39 is 17.9 Å². The van der Waals surface area contributed by atoms with Gasteiger partial charge in [-0.2, -0.15) is 0 Å². The Balaban J connectivity index is 4.17. The molecule has 0 saturated carbocycles. The number of carboxylic acid groups (broad SMARTS) is 1. The van der Waals surface area contributed by atoms with Gasteiger partial charge in [0.25, 0.3) is 0 Å². The Morgan fingerprint density at radius 3 is 2.21 bits per heavy atom. The number of rotatable bonds is 4. The number of nitrogens with two attached hydrogens (primary N) is 1. The maximum absolute atomic E-state index is 10.8. The highest BCUT2D eigenvalue weighted by molar-refractivity contribution is 5.74. The average molecular weight is 202 g/mol. The fraction of sp³-hybridized carbons (Fsp3) is 0.778. The highest BCUT2D eigenvalue weighted by Gasteiger charge is 2.24. The Hall–Kier alpha value is -1.26. The first-order valence-electron chi connectivity index (χ1n) is 4.48. The van der Waals surface area contributed by atoms with Gasteiger partial charge in [-0.15, -0.1) is 0 Å². The van der Waals surface area contributed by atoms with Gasteiger partial charge in [-0.25, -0.2) is 4.79 Å². The van der Waals surface area contributed by atoms with Gasteiger partial charge in [-0.05, 0) is 11.8 Å². The van der Waals surface area contributed by atoms with Crippen molar-refractivity contribution in [3.63, 3.8) is 0 Å². The molecule has 5 heteroatoms. The van der Waals surface area contributed by atoms with Crippen molar-refractivity contribution in [2.75, 3.05) is 6.54 Å². The molecule has 82 valence electrons. The summed E-state index contributed by atoms with van der Waals surface area (Å²) in [5.41, 5.74) is 4.78. The summed E-state index contributed by atoms with van der Waals surface area (Å²) in [5, 5.41) is 11.2. The van der Waals surface area contributed by atoms with E-state index in [1.165, 1.54) is 0 Å². The van der Waals surface area contributed by atoms with Crippen molar-refractivity contribution < 1.29 is 14.7 Å². The maximum atomic E-state index is 10.8. The molecule has 0 aliphatic carbocycles. The second-order valence-corrected chi connectivity index (χ2v) is 4.55. The predicted molar refractivity (Wildman–Crippen MR) is 52.8 cm³/mol. The fourth-order valence-corrected chi connectivity index (χ4v) is 1.21. The van der Waals surface area contributed by atoms with E-state index in [-0.39, 0.29) is 12.0 Å². The zero-order valence-corrected chi connectivity index (χ0v) is 8.83. The van der Waals surface area contributed by atoms with E-state index in [9.17, 15) is 9.59 Å². The highest BCUT2D eigenvalue weighted by Crippen LogP contribution is 2.24. The molecule has 1 atom stereocenters. The lowest BCUT2D eigenvalue weighted by molar-refractivity contribution is -0.142. The predicted octanol–water partition coefficient (Wildman–Crippen LogP) is 0.792. The zero-order valence-electron chi connectivity index (χ0n) is 8.83. The Labute approximate surface area is 83.7 Å². The minimum Gasteiger partial charge on any atom is -0.481 e. The minimum atomic E-state index is -0.909. The molecule has 0 aromatic rings. The lowest BCUT2D eigenvalue weighted by Gasteiger charge is -2.23. The number of amides is 2. The van der Waals surface area contributed by atoms with Gasteiger partial charge in [0.15, 0.2) is 0 Å². The van der Waals surface area contributed by atoms with Crippen LogP contribution in [0.2, 0.25) is 0 Å². The largest absolute Gasteiger partial charge is 0.481 e. The molecule has 0 bridgehead atoms. The monoisotopic (exact) mass is 202 g/mol. The quantitative estimate of drug-likeness (QED) is 0.629. The summed E-state index contributed by atoms with van der Waals surface area (Å²) in [4.78, 5) is 21.2. The van der Waals surface area contributed by atoms with E-state index in [0.717, 1.165) is 0 Å². The van der Waals surface area contributed by atoms with Gasteiger partial charge in [0.05, 0.1) is 5.92 Å². The Kier molecular flexibility index (Phi) is 4.40. The van der Waals surface area contributed by atoms with Gasteiger partial charge < -0.3 is 16.2 Å². The Morgan fingerprint density at radius 1 is 1.43 bits per heavy atom. The number of carboxylic acids is 1. The van der Waals surface area contributed by atoms with Crippen molar-refractivity contribution >= 4 is 12.0 Å². The summed E-state index contributed by atoms with van der Waals surface area (Å²) >= 11 is 0. The smallest absolute Gasteiger partial charge is 0.312 e. The zero-order chi connectivity index (χ0) is 11.4. The first-order valence-corrected chi connectivity index (χ1v) is 4.48. The molecule has 0 fully saturated rings. The van der Waals surface area contributed by atoms with E-state index in [1.807, 2.05) is 20.8 Å². The number of hydrogen-bond acceptors (Lipinski definition) is 2. The molecule has 0 radical (unpaired) electrons. The molecule has 4 N–H and O–H groups in total. The molecule has 0 rings (SSSR count). The van der Waals surface area contributed by atoms with Crippen LogP contribution < -0.4 is 11.1 Å². The number of aliphatic carboxylic acids is 1. The lowest BCUT2D eigenvalue weighted by atomic mass is 9.84. The first-order chi connectivity index (χ1) is 6.22. The highest BCUT2D eigenvalue weighted by atomic mass is 16.4. The molecule has 0 spiro atoms. The number of nitrogens with one attached hydrogen (secondary N) is 1. The van der Waals surface area contributed by atoms with Crippen LogP contribution in [-0.2, 0) is 4.79 Å². The Bertz CT molecular complexity index is 221. The van der Waals surface area contributed by atoms with Crippen molar-refractivity contribution in [3.8, 4) is 0 Å². The molecule has 0 aromatic heterocycles. The molecule has 14 heavy (non-hydrogen) atoms. The van der Waals surface area contributed by atoms with Gasteiger partial charge in [0.1, 0.15) is 0 Å². The van der Waals surface area contributed by atoms with Crippen molar-refractivity contribution in [3.05, 3.63) is 0 Å². The summed E-state index contributed by atoms with van der Waals surface area (Å²) in [6, 6.07) is -0.690. The summed E-state index contributed by atoms with van der Waals surface area (Å²) in [5.74, 6) is -1.49. The summed E-state index contributed by atoms with van der Waals surface area (Å²) in [6.45, 7) is 5.94. The van der Waals surface area contributed by atoms with E-state index in [1.54, 1.807) is 0 Å². The van der Waals surface area contributed by atoms with Gasteiger partial charge >= 0.3 is 12.0 Å². The minimum absolute atomic E-state index is 0.0810. The molecule has 0 aromatic carbocycles. The van der Waals surface area contributed by atoms with Crippen LogP contribution in [0.15, 0.2) is 0 Å². The molecular formula is C9H18N2O3. The summed E-state index contributed by atoms with van der Waals surface area (Å²) in [6.07, 6.45) is 0.503. The van der Waals surface area contributed by atoms with Crippen molar-refractivity contribution in [2.45, 2.75) is 27.2 Å². The topological polar surface area (TPSA) is 92.4 Å². The van der Waals surface area contributed by atoms with E-state index in [0.29, 0.717) is 6.42 Å². The van der Waals surface area contributed by atoms with E-state index in [4.69, 9.17) is 10.8 Å². The van der Waals surface area contributed by atoms with Crippen LogP contribution in [0.3, 0.4) is 0 Å². The average Bonchev–Trinajstić information content (AvgIpc) is 1.94. The Morgan fingerprint density at radius 2 is 1.93 bits per heavy atom. The van der Waals surface area contributed by atoms with Crippen LogP contribution >= 0.6 is 0 Å². The number of urea groups is 1. The van der Waals surface area contributed by atoms with Crippen LogP contribution in [0.4, 0.5) is 4.79 Å². The number of carbonyl (C=O) groups is 2. The second-order valence-electron chi connectivity index (χ2n) is 4.55. The molecule has 2 amide bonds. The number of primary amides is 1. The van der Waals surface area contributed by atoms with Crippen molar-refractivity contribution in [2.24, 2.45) is 17.1 Å². The normalized spacial score (nSPS) is 13.4. The van der Waals surface area contributed by atoms with Crippen LogP contribution in [0.5, 0.6) is 0 Å². The van der Waals surface area contributed by atoms with Crippen molar-refractivity contribution in [1.29, 1.82) is 0 Å². The van der Waals surface area contributed by atoms with Crippen LogP contribution in [0.25, 0.3) is 0 Å². The summed E-state index contributed by atoms with van der Waals surface area (Å²) < 4.78 is 0. The molecule has 0 aliphatic heterocycles. The molecular weight excluding hydrogens is 184 g/mol. The molecule has 5 nitrogen and oxygen atoms in total. The molecule has 0 aliphatic rings. The standard InChI is InChI=1S/C9H18N2O3/c1-9(2,3)4-6(7(12)13)5-11-8(10)14/h6H,4-5H2,1-3H3,(H,12,13)(H3,10,11,14). The number of hydrogen-bond donors (Lipinski definition) is 3. The van der Waals surface area contributed by atoms with Crippen LogP contribution in [0.1, 0.15) is 27.2 Å². The van der Waals surface area contributed by atoms with Gasteiger partial charge in [-0.3, -0.25) is 4.79 Å². The van der Waals surface area contributed by atoms with E-state index >= 15 is 0 Å². The van der Waals surface area contributed by atoms with E-state index in [2.05, 4.69) is 5.32 Å². The third kappa shape index (κ3) is 6.28. The van der Waals surface area contributed by atoms with Gasteiger partial charge in [0, 0.05) is 6.54 Å². The third-order valence-corrected chi connectivity index (χ3v) is 1.73. The molecule has 0 heterocycles. The van der Waals surface area contributed by atoms with Crippen LogP contribution in [0, 0.1) is 11.3 Å². The molecule has 0 saturated heterocycles. The van der Waals surface area contributed by atoms with Gasteiger partial charge in [0.2, 0.25) is 0 Å². The molecule has 1 unspecified atom stereocenters. The second kappa shape index (κ2) is 4.83. The lowest BCUT2D eigenvalue weighted by Crippen LogP contribution is -2.37.